The Morgan fingerprint density at radius 2 is 2.11 bits per heavy atom. The number of aryl methyl sites for hydroxylation is 2. The van der Waals surface area contributed by atoms with E-state index in [1.54, 1.807) is 18.1 Å². The number of amides is 2. The summed E-state index contributed by atoms with van der Waals surface area (Å²) in [6, 6.07) is 7.23. The van der Waals surface area contributed by atoms with Crippen LogP contribution in [0.15, 0.2) is 28.8 Å². The fourth-order valence-corrected chi connectivity index (χ4v) is 3.49. The van der Waals surface area contributed by atoms with Gasteiger partial charge in [0.05, 0.1) is 6.61 Å². The van der Waals surface area contributed by atoms with Crippen LogP contribution in [-0.2, 0) is 9.53 Å². The fraction of sp³-hybridized carbons (Fsp3) is 0.476. The summed E-state index contributed by atoms with van der Waals surface area (Å²) < 4.78 is 10.4. The highest BCUT2D eigenvalue weighted by atomic mass is 16.5. The van der Waals surface area contributed by atoms with E-state index in [0.717, 1.165) is 29.5 Å². The van der Waals surface area contributed by atoms with Crippen LogP contribution in [0.25, 0.3) is 11.3 Å². The highest BCUT2D eigenvalue weighted by Crippen LogP contribution is 2.27. The highest BCUT2D eigenvalue weighted by molar-refractivity contribution is 5.97. The molecule has 1 saturated heterocycles. The Bertz CT molecular complexity index is 846. The second-order valence-corrected chi connectivity index (χ2v) is 7.19. The molecule has 3 rings (SSSR count). The van der Waals surface area contributed by atoms with Gasteiger partial charge >= 0.3 is 0 Å². The lowest BCUT2D eigenvalue weighted by Gasteiger charge is -2.34. The molecule has 2 amide bonds. The van der Waals surface area contributed by atoms with E-state index in [0.29, 0.717) is 31.9 Å². The van der Waals surface area contributed by atoms with Crippen molar-refractivity contribution < 1.29 is 18.8 Å². The van der Waals surface area contributed by atoms with Gasteiger partial charge in [-0.15, -0.1) is 0 Å². The molecule has 0 radical (unpaired) electrons. The second kappa shape index (κ2) is 9.01. The molecule has 1 N–H and O–H groups in total. The highest BCUT2D eigenvalue weighted by Gasteiger charge is 2.33. The zero-order chi connectivity index (χ0) is 20.1. The van der Waals surface area contributed by atoms with Crippen LogP contribution < -0.4 is 5.32 Å². The van der Waals surface area contributed by atoms with E-state index < -0.39 is 6.04 Å². The van der Waals surface area contributed by atoms with E-state index in [2.05, 4.69) is 10.5 Å². The van der Waals surface area contributed by atoms with Crippen LogP contribution in [0, 0.1) is 13.8 Å². The van der Waals surface area contributed by atoms with Crippen LogP contribution in [0.4, 0.5) is 0 Å². The molecule has 1 aromatic carbocycles. The third-order valence-corrected chi connectivity index (χ3v) is 5.06. The van der Waals surface area contributed by atoms with Crippen molar-refractivity contribution in [1.29, 1.82) is 0 Å². The van der Waals surface area contributed by atoms with E-state index in [1.165, 1.54) is 0 Å². The Kier molecular flexibility index (Phi) is 6.46. The molecule has 1 fully saturated rings. The van der Waals surface area contributed by atoms with E-state index in [9.17, 15) is 9.59 Å². The zero-order valence-electron chi connectivity index (χ0n) is 16.7. The van der Waals surface area contributed by atoms with Crippen molar-refractivity contribution in [1.82, 2.24) is 15.4 Å². The van der Waals surface area contributed by atoms with Gasteiger partial charge in [0.15, 0.2) is 11.5 Å². The maximum Gasteiger partial charge on any atom is 0.276 e. The maximum atomic E-state index is 13.0. The third kappa shape index (κ3) is 4.42. The molecule has 0 aliphatic carbocycles. The third-order valence-electron chi connectivity index (χ3n) is 5.06. The molecule has 0 unspecified atom stereocenters. The number of hydrogen-bond acceptors (Lipinski definition) is 5. The Morgan fingerprint density at radius 3 is 2.89 bits per heavy atom. The number of likely N-dealkylation sites (tertiary alicyclic amines) is 1. The summed E-state index contributed by atoms with van der Waals surface area (Å²) in [5.74, 6) is 0.137. The van der Waals surface area contributed by atoms with Gasteiger partial charge in [-0.3, -0.25) is 9.59 Å². The molecule has 150 valence electrons. The number of piperidine rings is 1. The van der Waals surface area contributed by atoms with Crippen LogP contribution in [0.3, 0.4) is 0 Å². The first-order valence-corrected chi connectivity index (χ1v) is 9.63. The number of nitrogens with zero attached hydrogens (tertiary/aromatic N) is 2. The van der Waals surface area contributed by atoms with Gasteiger partial charge in [0.2, 0.25) is 5.91 Å². The largest absolute Gasteiger partial charge is 0.383 e. The number of methoxy groups -OCH3 is 1. The monoisotopic (exact) mass is 385 g/mol. The minimum atomic E-state index is -0.487. The number of carbonyl (C=O) groups is 2. The summed E-state index contributed by atoms with van der Waals surface area (Å²) in [5.41, 5.74) is 3.30. The molecule has 7 heteroatoms. The summed E-state index contributed by atoms with van der Waals surface area (Å²) in [5, 5.41) is 6.82. The maximum absolute atomic E-state index is 13.0. The first-order valence-electron chi connectivity index (χ1n) is 9.63. The molecule has 1 atom stereocenters. The minimum absolute atomic E-state index is 0.150. The van der Waals surface area contributed by atoms with E-state index in [1.807, 2.05) is 32.0 Å². The summed E-state index contributed by atoms with van der Waals surface area (Å²) in [6.45, 7) is 5.39. The standard InChI is InChI=1S/C21H27N3O4/c1-14-7-8-15(2)16(12-14)19-13-17(23-28-19)21(26)24-10-5-4-6-18(24)20(25)22-9-11-27-3/h7-8,12-13,18H,4-6,9-11H2,1-3H3,(H,22,25)/t18-/m0/s1. The Balaban J connectivity index is 1.77. The predicted molar refractivity (Wildman–Crippen MR) is 105 cm³/mol. The summed E-state index contributed by atoms with van der Waals surface area (Å²) in [7, 11) is 1.58. The summed E-state index contributed by atoms with van der Waals surface area (Å²) >= 11 is 0. The van der Waals surface area contributed by atoms with Crippen molar-refractivity contribution >= 4 is 11.8 Å². The molecule has 1 aromatic heterocycles. The van der Waals surface area contributed by atoms with Crippen molar-refractivity contribution in [2.45, 2.75) is 39.2 Å². The van der Waals surface area contributed by atoms with E-state index in [4.69, 9.17) is 9.26 Å². The van der Waals surface area contributed by atoms with Crippen LogP contribution in [0.5, 0.6) is 0 Å². The van der Waals surface area contributed by atoms with Crippen molar-refractivity contribution in [3.63, 3.8) is 0 Å². The lowest BCUT2D eigenvalue weighted by molar-refractivity contribution is -0.126. The first-order chi connectivity index (χ1) is 13.5. The van der Waals surface area contributed by atoms with Crippen molar-refractivity contribution in [3.05, 3.63) is 41.1 Å². The van der Waals surface area contributed by atoms with E-state index in [-0.39, 0.29) is 17.5 Å². The van der Waals surface area contributed by atoms with Gasteiger partial charge < -0.3 is 19.5 Å². The lowest BCUT2D eigenvalue weighted by atomic mass is 10.0. The predicted octanol–water partition coefficient (Wildman–Crippen LogP) is 2.72. The van der Waals surface area contributed by atoms with Crippen molar-refractivity contribution in [2.24, 2.45) is 0 Å². The molecule has 2 aromatic rings. The first kappa shape index (κ1) is 20.1. The number of carbonyl (C=O) groups excluding carboxylic acids is 2. The summed E-state index contributed by atoms with van der Waals surface area (Å²) in [6.07, 6.45) is 2.43. The average molecular weight is 385 g/mol. The zero-order valence-corrected chi connectivity index (χ0v) is 16.7. The molecular formula is C21H27N3O4. The van der Waals surface area contributed by atoms with Gasteiger partial charge in [-0.2, -0.15) is 0 Å². The number of aromatic nitrogens is 1. The quantitative estimate of drug-likeness (QED) is 0.773. The van der Waals surface area contributed by atoms with Crippen LogP contribution in [0.2, 0.25) is 0 Å². The van der Waals surface area contributed by atoms with Gasteiger partial charge in [-0.1, -0.05) is 22.9 Å². The molecule has 0 saturated carbocycles. The van der Waals surface area contributed by atoms with Gasteiger partial charge in [0.25, 0.3) is 5.91 Å². The molecule has 1 aliphatic rings. The molecule has 2 heterocycles. The Morgan fingerprint density at radius 1 is 1.29 bits per heavy atom. The number of nitrogens with one attached hydrogen (secondary N) is 1. The lowest BCUT2D eigenvalue weighted by Crippen LogP contribution is -2.52. The number of ether oxygens (including phenoxy) is 1. The number of rotatable bonds is 6. The molecule has 1 aliphatic heterocycles. The summed E-state index contributed by atoms with van der Waals surface area (Å²) in [4.78, 5) is 27.2. The van der Waals surface area contributed by atoms with Crippen LogP contribution >= 0.6 is 0 Å². The van der Waals surface area contributed by atoms with Gasteiger partial charge in [0.1, 0.15) is 6.04 Å². The Labute approximate surface area is 165 Å². The second-order valence-electron chi connectivity index (χ2n) is 7.19. The SMILES string of the molecule is COCCNC(=O)[C@@H]1CCCCN1C(=O)c1cc(-c2cc(C)ccc2C)on1. The van der Waals surface area contributed by atoms with Gasteiger partial charge in [0, 0.05) is 31.8 Å². The molecule has 7 nitrogen and oxygen atoms in total. The molecule has 0 bridgehead atoms. The molecule has 28 heavy (non-hydrogen) atoms. The van der Waals surface area contributed by atoms with Gasteiger partial charge in [-0.05, 0) is 44.7 Å². The van der Waals surface area contributed by atoms with Crippen LogP contribution in [0.1, 0.15) is 40.9 Å². The van der Waals surface area contributed by atoms with Crippen molar-refractivity contribution in [2.75, 3.05) is 26.8 Å². The van der Waals surface area contributed by atoms with Crippen molar-refractivity contribution in [3.8, 4) is 11.3 Å². The normalized spacial score (nSPS) is 16.8. The number of benzene rings is 1. The number of hydrogen-bond donors (Lipinski definition) is 1. The van der Waals surface area contributed by atoms with E-state index >= 15 is 0 Å². The van der Waals surface area contributed by atoms with Gasteiger partial charge in [-0.25, -0.2) is 0 Å². The average Bonchev–Trinajstić information content (AvgIpc) is 3.19. The fourth-order valence-electron chi connectivity index (χ4n) is 3.49. The van der Waals surface area contributed by atoms with Crippen LogP contribution in [-0.4, -0.2) is 54.7 Å². The smallest absolute Gasteiger partial charge is 0.276 e. The Hall–Kier alpha value is -2.67. The topological polar surface area (TPSA) is 84.7 Å². The molecular weight excluding hydrogens is 358 g/mol. The molecule has 0 spiro atoms. The minimum Gasteiger partial charge on any atom is -0.383 e.